The number of nitrogens with one attached hydrogen (secondary N) is 2. The van der Waals surface area contributed by atoms with Crippen molar-refractivity contribution in [1.82, 2.24) is 24.7 Å². The smallest absolute Gasteiger partial charge is 0.413 e. The molecule has 4 heterocycles. The van der Waals surface area contributed by atoms with Crippen LogP contribution in [0.15, 0.2) is 48.9 Å². The lowest BCUT2D eigenvalue weighted by atomic mass is 10.0. The molecular weight excluding hydrogens is 530 g/mol. The van der Waals surface area contributed by atoms with Crippen LogP contribution < -0.4 is 10.1 Å². The molecule has 0 bridgehead atoms. The largest absolute Gasteiger partial charge is 0.493 e. The van der Waals surface area contributed by atoms with Crippen molar-refractivity contribution in [1.29, 1.82) is 0 Å². The molecule has 0 unspecified atom stereocenters. The molecule has 0 saturated carbocycles. The van der Waals surface area contributed by atoms with E-state index in [1.54, 1.807) is 43.9 Å². The average molecular weight is 561 g/mol. The summed E-state index contributed by atoms with van der Waals surface area (Å²) in [6, 6.07) is 7.21. The highest BCUT2D eigenvalue weighted by Crippen LogP contribution is 2.36. The minimum atomic E-state index is -0.656. The van der Waals surface area contributed by atoms with Gasteiger partial charge in [0.15, 0.2) is 11.6 Å². The molecule has 0 fully saturated rings. The number of hydrogen-bond acceptors (Lipinski definition) is 6. The highest BCUT2D eigenvalue weighted by molar-refractivity contribution is 5.97. The van der Waals surface area contributed by atoms with E-state index < -0.39 is 23.3 Å². The van der Waals surface area contributed by atoms with E-state index in [9.17, 15) is 13.6 Å². The number of rotatable bonds is 6. The van der Waals surface area contributed by atoms with Crippen LogP contribution in [0.5, 0.6) is 5.75 Å². The van der Waals surface area contributed by atoms with Crippen molar-refractivity contribution in [2.75, 3.05) is 12.4 Å². The first kappa shape index (κ1) is 27.8. The summed E-state index contributed by atoms with van der Waals surface area (Å²) in [5.74, 6) is -0.656. The Morgan fingerprint density at radius 2 is 1.71 bits per heavy atom. The Hall–Kier alpha value is -4.80. The van der Waals surface area contributed by atoms with Gasteiger partial charge in [-0.05, 0) is 64.4 Å². The average Bonchev–Trinajstić information content (AvgIpc) is 3.41. The Balaban J connectivity index is 1.48. The minimum Gasteiger partial charge on any atom is -0.493 e. The molecule has 0 atom stereocenters. The van der Waals surface area contributed by atoms with Crippen molar-refractivity contribution in [3.63, 3.8) is 0 Å². The van der Waals surface area contributed by atoms with Gasteiger partial charge in [-0.15, -0.1) is 0 Å². The lowest BCUT2D eigenvalue weighted by molar-refractivity contribution is 0.0634. The maximum atomic E-state index is 13.8. The summed E-state index contributed by atoms with van der Waals surface area (Å²) in [5.41, 5.74) is 5.44. The number of benzene rings is 1. The van der Waals surface area contributed by atoms with Gasteiger partial charge in [0.1, 0.15) is 22.9 Å². The third-order valence-corrected chi connectivity index (χ3v) is 6.46. The van der Waals surface area contributed by atoms with Crippen LogP contribution >= 0.6 is 0 Å². The second-order valence-electron chi connectivity index (χ2n) is 10.7. The lowest BCUT2D eigenvalue weighted by Crippen LogP contribution is -2.27. The normalized spacial score (nSPS) is 11.6. The Morgan fingerprint density at radius 1 is 1.02 bits per heavy atom. The molecular formula is C30H30F2N6O3. The summed E-state index contributed by atoms with van der Waals surface area (Å²) in [6.07, 6.45) is 4.58. The molecule has 41 heavy (non-hydrogen) atoms. The molecule has 0 aliphatic heterocycles. The molecule has 0 spiro atoms. The number of fused-ring (bicyclic) bond motifs is 1. The van der Waals surface area contributed by atoms with Crippen LogP contribution in [0.3, 0.4) is 0 Å². The number of pyridine rings is 2. The van der Waals surface area contributed by atoms with Gasteiger partial charge in [0.2, 0.25) is 0 Å². The first-order chi connectivity index (χ1) is 19.4. The molecule has 0 aliphatic rings. The number of carbonyl (C=O) groups is 1. The number of methoxy groups -OCH3 is 1. The van der Waals surface area contributed by atoms with Crippen LogP contribution in [0.2, 0.25) is 0 Å². The number of aryl methyl sites for hydroxylation is 1. The van der Waals surface area contributed by atoms with E-state index in [0.717, 1.165) is 45.1 Å². The summed E-state index contributed by atoms with van der Waals surface area (Å²) in [7, 11) is 1.49. The van der Waals surface area contributed by atoms with Gasteiger partial charge >= 0.3 is 6.09 Å². The second-order valence-corrected chi connectivity index (χ2v) is 10.7. The minimum absolute atomic E-state index is 0.225. The van der Waals surface area contributed by atoms with Gasteiger partial charge in [-0.2, -0.15) is 5.10 Å². The van der Waals surface area contributed by atoms with Crippen molar-refractivity contribution in [3.8, 4) is 28.0 Å². The van der Waals surface area contributed by atoms with Gasteiger partial charge in [0.05, 0.1) is 19.3 Å². The monoisotopic (exact) mass is 560 g/mol. The van der Waals surface area contributed by atoms with E-state index in [2.05, 4.69) is 25.4 Å². The molecule has 4 aromatic heterocycles. The number of amides is 1. The Kier molecular flexibility index (Phi) is 7.20. The van der Waals surface area contributed by atoms with Crippen LogP contribution in [-0.4, -0.2) is 43.5 Å². The number of nitrogens with zero attached hydrogens (tertiary/aromatic N) is 4. The molecule has 5 rings (SSSR count). The molecule has 0 aliphatic carbocycles. The maximum Gasteiger partial charge on any atom is 0.413 e. The summed E-state index contributed by atoms with van der Waals surface area (Å²) in [4.78, 5) is 24.5. The van der Waals surface area contributed by atoms with Crippen LogP contribution in [0, 0.1) is 25.5 Å². The lowest BCUT2D eigenvalue weighted by Gasteiger charge is -2.20. The van der Waals surface area contributed by atoms with E-state index in [-0.39, 0.29) is 12.4 Å². The molecule has 1 aromatic carbocycles. The topological polar surface area (TPSA) is 107 Å². The summed E-state index contributed by atoms with van der Waals surface area (Å²) in [6.45, 7) is 9.37. The zero-order valence-electron chi connectivity index (χ0n) is 23.6. The molecule has 212 valence electrons. The molecule has 5 aromatic rings. The number of aromatic amines is 1. The number of hydrogen-bond donors (Lipinski definition) is 2. The Labute approximate surface area is 235 Å². The van der Waals surface area contributed by atoms with Crippen LogP contribution in [0.4, 0.5) is 19.4 Å². The fourth-order valence-electron chi connectivity index (χ4n) is 4.74. The predicted molar refractivity (Wildman–Crippen MR) is 152 cm³/mol. The van der Waals surface area contributed by atoms with E-state index >= 15 is 0 Å². The highest BCUT2D eigenvalue weighted by Gasteiger charge is 2.20. The van der Waals surface area contributed by atoms with Crippen molar-refractivity contribution in [2.24, 2.45) is 0 Å². The predicted octanol–water partition coefficient (Wildman–Crippen LogP) is 6.79. The second kappa shape index (κ2) is 10.6. The number of ether oxygens (including phenoxy) is 2. The van der Waals surface area contributed by atoms with Gasteiger partial charge in [-0.25, -0.2) is 23.5 Å². The van der Waals surface area contributed by atoms with Gasteiger partial charge in [0, 0.05) is 58.0 Å². The number of anilines is 1. The van der Waals surface area contributed by atoms with Crippen molar-refractivity contribution in [2.45, 2.75) is 46.8 Å². The third-order valence-electron chi connectivity index (χ3n) is 6.46. The maximum absolute atomic E-state index is 13.8. The third kappa shape index (κ3) is 5.88. The van der Waals surface area contributed by atoms with Crippen molar-refractivity contribution >= 4 is 22.9 Å². The fourth-order valence-corrected chi connectivity index (χ4v) is 4.74. The molecule has 0 radical (unpaired) electrons. The van der Waals surface area contributed by atoms with Crippen LogP contribution in [0.1, 0.15) is 37.7 Å². The summed E-state index contributed by atoms with van der Waals surface area (Å²) in [5, 5.41) is 8.14. The zero-order valence-corrected chi connectivity index (χ0v) is 23.6. The number of carbonyl (C=O) groups excluding carboxylic acids is 1. The summed E-state index contributed by atoms with van der Waals surface area (Å²) >= 11 is 0. The fraction of sp³-hybridized carbons (Fsp3) is 0.267. The molecule has 1 amide bonds. The first-order valence-electron chi connectivity index (χ1n) is 12.9. The number of aromatic nitrogens is 5. The van der Waals surface area contributed by atoms with Gasteiger partial charge in [0.25, 0.3) is 0 Å². The van der Waals surface area contributed by atoms with E-state index in [1.807, 2.05) is 26.1 Å². The molecule has 9 nitrogen and oxygen atoms in total. The highest BCUT2D eigenvalue weighted by atomic mass is 19.1. The van der Waals surface area contributed by atoms with Gasteiger partial charge in [-0.1, -0.05) is 0 Å². The standard InChI is InChI=1S/C30H30F2N6O3/c1-16-26(17(2)38(37-16)15-18-7-21(31)11-22(32)8-18)24-14-35-27-23(24)9-19(12-33-27)20-10-25(40-6)28(34-13-20)36-29(39)41-30(3,4)5/h7-14H,15H2,1-6H3,(H,33,35)(H,34,36,39). The number of H-pyrrole nitrogens is 1. The quantitative estimate of drug-likeness (QED) is 0.237. The summed E-state index contributed by atoms with van der Waals surface area (Å²) < 4.78 is 40.1. The van der Waals surface area contributed by atoms with Gasteiger partial charge in [-0.3, -0.25) is 10.00 Å². The van der Waals surface area contributed by atoms with Crippen molar-refractivity contribution < 1.29 is 23.0 Å². The molecule has 2 N–H and O–H groups in total. The Bertz CT molecular complexity index is 1750. The van der Waals surface area contributed by atoms with Gasteiger partial charge < -0.3 is 14.5 Å². The first-order valence-corrected chi connectivity index (χ1v) is 12.9. The van der Waals surface area contributed by atoms with E-state index in [0.29, 0.717) is 17.0 Å². The van der Waals surface area contributed by atoms with Crippen LogP contribution in [0.25, 0.3) is 33.3 Å². The van der Waals surface area contributed by atoms with Crippen molar-refractivity contribution in [3.05, 3.63) is 77.5 Å². The zero-order chi connectivity index (χ0) is 29.5. The Morgan fingerprint density at radius 3 is 2.39 bits per heavy atom. The van der Waals surface area contributed by atoms with E-state index in [1.165, 1.54) is 19.2 Å². The molecule has 11 heteroatoms. The number of halogens is 2. The van der Waals surface area contributed by atoms with E-state index in [4.69, 9.17) is 9.47 Å². The SMILES string of the molecule is COc1cc(-c2cnc3[nH]cc(-c4c(C)nn(Cc5cc(F)cc(F)c5)c4C)c3c2)cnc1NC(=O)OC(C)(C)C. The van der Waals surface area contributed by atoms with Crippen LogP contribution in [-0.2, 0) is 11.3 Å². The molecule has 0 saturated heterocycles.